The number of thiocarbonyl (C=S) groups is 1. The van der Waals surface area contributed by atoms with Gasteiger partial charge in [0, 0.05) is 18.3 Å². The average molecular weight is 356 g/mol. The van der Waals surface area contributed by atoms with E-state index in [0.717, 1.165) is 16.9 Å². The van der Waals surface area contributed by atoms with Gasteiger partial charge in [0.1, 0.15) is 10.7 Å². The molecule has 1 aliphatic rings. The number of methoxy groups -OCH3 is 2. The van der Waals surface area contributed by atoms with E-state index in [2.05, 4.69) is 23.7 Å². The fourth-order valence-electron chi connectivity index (χ4n) is 3.16. The van der Waals surface area contributed by atoms with E-state index in [1.165, 1.54) is 7.11 Å². The smallest absolute Gasteiger partial charge is 0.357 e. The number of hydrogen-bond acceptors (Lipinski definition) is 5. The van der Waals surface area contributed by atoms with E-state index in [-0.39, 0.29) is 11.2 Å². The number of ether oxygens (including phenoxy) is 2. The summed E-state index contributed by atoms with van der Waals surface area (Å²) in [5.41, 5.74) is 2.72. The highest BCUT2D eigenvalue weighted by Gasteiger charge is 2.43. The lowest BCUT2D eigenvalue weighted by Gasteiger charge is -2.34. The first-order chi connectivity index (χ1) is 11.9. The van der Waals surface area contributed by atoms with E-state index in [1.807, 2.05) is 30.3 Å². The summed E-state index contributed by atoms with van der Waals surface area (Å²) in [6, 6.07) is 9.80. The van der Waals surface area contributed by atoms with Gasteiger partial charge in [0.2, 0.25) is 0 Å². The van der Waals surface area contributed by atoms with Crippen molar-refractivity contribution in [3.05, 3.63) is 58.9 Å². The van der Waals surface area contributed by atoms with Crippen LogP contribution in [0.4, 0.5) is 0 Å². The Labute approximate surface area is 152 Å². The number of carbonyl (C=O) groups excluding carboxylic acids is 1. The summed E-state index contributed by atoms with van der Waals surface area (Å²) in [5.74, 6) is 0.341. The van der Waals surface area contributed by atoms with Crippen molar-refractivity contribution in [2.45, 2.75) is 25.9 Å². The van der Waals surface area contributed by atoms with E-state index in [4.69, 9.17) is 21.7 Å². The van der Waals surface area contributed by atoms with Gasteiger partial charge >= 0.3 is 5.97 Å². The van der Waals surface area contributed by atoms with Crippen molar-refractivity contribution in [2.24, 2.45) is 0 Å². The Balaban J connectivity index is 1.99. The fourth-order valence-corrected chi connectivity index (χ4v) is 3.66. The number of rotatable bonds is 4. The van der Waals surface area contributed by atoms with Crippen molar-refractivity contribution in [1.29, 1.82) is 0 Å². The summed E-state index contributed by atoms with van der Waals surface area (Å²) >= 11 is 5.70. The van der Waals surface area contributed by atoms with E-state index in [0.29, 0.717) is 17.1 Å². The third-order valence-electron chi connectivity index (χ3n) is 4.62. The van der Waals surface area contributed by atoms with Crippen LogP contribution in [0.2, 0.25) is 0 Å². The maximum Gasteiger partial charge on any atom is 0.357 e. The molecule has 0 aliphatic carbocycles. The first-order valence-electron chi connectivity index (χ1n) is 7.93. The molecule has 0 saturated heterocycles. The molecular weight excluding hydrogens is 336 g/mol. The van der Waals surface area contributed by atoms with E-state index in [1.54, 1.807) is 13.3 Å². The standard InChI is InChI=1S/C19H20N2O3S/c1-19(2)14-9-10-20-16(18(22)24-4)15(14)17(25)21(19)11-12-5-7-13(23-3)8-6-12/h5-10H,11H2,1-4H3. The Morgan fingerprint density at radius 3 is 2.48 bits per heavy atom. The van der Waals surface area contributed by atoms with Crippen molar-refractivity contribution in [3.8, 4) is 5.75 Å². The highest BCUT2D eigenvalue weighted by molar-refractivity contribution is 7.80. The van der Waals surface area contributed by atoms with E-state index < -0.39 is 5.97 Å². The molecule has 2 aromatic rings. The molecule has 0 unspecified atom stereocenters. The van der Waals surface area contributed by atoms with Crippen molar-refractivity contribution in [1.82, 2.24) is 9.88 Å². The normalized spacial score (nSPS) is 15.0. The zero-order chi connectivity index (χ0) is 18.2. The Bertz CT molecular complexity index is 831. The molecule has 0 N–H and O–H groups in total. The molecule has 1 aliphatic heterocycles. The lowest BCUT2D eigenvalue weighted by atomic mass is 9.93. The molecule has 0 radical (unpaired) electrons. The minimum absolute atomic E-state index is 0.273. The maximum absolute atomic E-state index is 12.1. The Morgan fingerprint density at radius 2 is 1.88 bits per heavy atom. The number of carbonyl (C=O) groups is 1. The van der Waals surface area contributed by atoms with Gasteiger partial charge in [-0.1, -0.05) is 24.4 Å². The molecule has 0 saturated carbocycles. The molecule has 25 heavy (non-hydrogen) atoms. The molecule has 2 heterocycles. The molecule has 0 fully saturated rings. The van der Waals surface area contributed by atoms with Gasteiger partial charge < -0.3 is 14.4 Å². The SMILES string of the molecule is COC(=O)c1nccc2c1C(=S)N(Cc1ccc(OC)cc1)C2(C)C. The summed E-state index contributed by atoms with van der Waals surface area (Å²) in [6.07, 6.45) is 1.63. The second kappa shape index (κ2) is 6.44. The number of esters is 1. The molecule has 130 valence electrons. The Kier molecular flexibility index (Phi) is 4.47. The molecule has 6 heteroatoms. The molecule has 3 rings (SSSR count). The monoisotopic (exact) mass is 356 g/mol. The Hall–Kier alpha value is -2.47. The summed E-state index contributed by atoms with van der Waals surface area (Å²) in [6.45, 7) is 4.82. The lowest BCUT2D eigenvalue weighted by Crippen LogP contribution is -2.38. The van der Waals surface area contributed by atoms with Gasteiger partial charge in [0.25, 0.3) is 0 Å². The van der Waals surface area contributed by atoms with Gasteiger partial charge in [0.15, 0.2) is 5.69 Å². The predicted molar refractivity (Wildman–Crippen MR) is 98.8 cm³/mol. The molecule has 0 bridgehead atoms. The van der Waals surface area contributed by atoms with Crippen LogP contribution in [0.15, 0.2) is 36.5 Å². The molecular formula is C19H20N2O3S. The minimum atomic E-state index is -0.471. The van der Waals surface area contributed by atoms with Crippen LogP contribution in [0.1, 0.15) is 41.0 Å². The number of nitrogens with zero attached hydrogens (tertiary/aromatic N) is 2. The summed E-state index contributed by atoms with van der Waals surface area (Å²) in [7, 11) is 2.99. The van der Waals surface area contributed by atoms with Crippen LogP contribution in [0.3, 0.4) is 0 Å². The molecule has 1 aromatic carbocycles. The van der Waals surface area contributed by atoms with Gasteiger partial charge in [-0.25, -0.2) is 9.78 Å². The van der Waals surface area contributed by atoms with Gasteiger partial charge in [-0.3, -0.25) is 0 Å². The summed E-state index contributed by atoms with van der Waals surface area (Å²) in [5, 5.41) is 0. The van der Waals surface area contributed by atoms with E-state index >= 15 is 0 Å². The highest BCUT2D eigenvalue weighted by Crippen LogP contribution is 2.41. The third kappa shape index (κ3) is 2.87. The minimum Gasteiger partial charge on any atom is -0.497 e. The highest BCUT2D eigenvalue weighted by atomic mass is 32.1. The first kappa shape index (κ1) is 17.4. The van der Waals surface area contributed by atoms with Crippen LogP contribution in [-0.2, 0) is 16.8 Å². The average Bonchev–Trinajstić information content (AvgIpc) is 2.82. The zero-order valence-electron chi connectivity index (χ0n) is 14.7. The molecule has 0 atom stereocenters. The summed E-state index contributed by atoms with van der Waals surface area (Å²) < 4.78 is 10.1. The topological polar surface area (TPSA) is 51.7 Å². The fraction of sp³-hybridized carbons (Fsp3) is 0.316. The van der Waals surface area contributed by atoms with Crippen molar-refractivity contribution in [3.63, 3.8) is 0 Å². The van der Waals surface area contributed by atoms with Crippen molar-refractivity contribution >= 4 is 23.2 Å². The van der Waals surface area contributed by atoms with Gasteiger partial charge in [-0.05, 0) is 43.2 Å². The van der Waals surface area contributed by atoms with Gasteiger partial charge in [0.05, 0.1) is 19.8 Å². The molecule has 5 nitrogen and oxygen atoms in total. The number of aromatic nitrogens is 1. The van der Waals surface area contributed by atoms with Crippen LogP contribution in [-0.4, -0.2) is 35.1 Å². The Morgan fingerprint density at radius 1 is 1.20 bits per heavy atom. The van der Waals surface area contributed by atoms with Crippen LogP contribution < -0.4 is 4.74 Å². The third-order valence-corrected chi connectivity index (χ3v) is 5.05. The zero-order valence-corrected chi connectivity index (χ0v) is 15.5. The van der Waals surface area contributed by atoms with Gasteiger partial charge in [-0.2, -0.15) is 0 Å². The largest absolute Gasteiger partial charge is 0.497 e. The molecule has 0 amide bonds. The van der Waals surface area contributed by atoms with Crippen LogP contribution in [0, 0.1) is 0 Å². The number of fused-ring (bicyclic) bond motifs is 1. The predicted octanol–water partition coefficient (Wildman–Crippen LogP) is 3.30. The number of pyridine rings is 1. The quantitative estimate of drug-likeness (QED) is 0.619. The number of hydrogen-bond donors (Lipinski definition) is 0. The molecule has 0 spiro atoms. The molecule has 1 aromatic heterocycles. The van der Waals surface area contributed by atoms with Crippen molar-refractivity contribution in [2.75, 3.05) is 14.2 Å². The second-order valence-corrected chi connectivity index (χ2v) is 6.76. The maximum atomic E-state index is 12.1. The summed E-state index contributed by atoms with van der Waals surface area (Å²) in [4.78, 5) is 19.0. The van der Waals surface area contributed by atoms with Crippen LogP contribution in [0.5, 0.6) is 5.75 Å². The van der Waals surface area contributed by atoms with Crippen molar-refractivity contribution < 1.29 is 14.3 Å². The lowest BCUT2D eigenvalue weighted by molar-refractivity contribution is 0.0594. The number of benzene rings is 1. The van der Waals surface area contributed by atoms with Crippen LogP contribution >= 0.6 is 12.2 Å². The van der Waals surface area contributed by atoms with Crippen LogP contribution in [0.25, 0.3) is 0 Å². The van der Waals surface area contributed by atoms with Gasteiger partial charge in [-0.15, -0.1) is 0 Å². The second-order valence-electron chi connectivity index (χ2n) is 6.37. The van der Waals surface area contributed by atoms with E-state index in [9.17, 15) is 4.79 Å². The first-order valence-corrected chi connectivity index (χ1v) is 8.33.